The molecule has 154 valence electrons. The van der Waals surface area contributed by atoms with E-state index in [4.69, 9.17) is 4.98 Å². The number of hydrogen-bond acceptors (Lipinski definition) is 3. The smallest absolute Gasteiger partial charge is 0.329 e. The van der Waals surface area contributed by atoms with E-state index < -0.39 is 11.7 Å². The topological polar surface area (TPSA) is 46.1 Å². The average molecular weight is 411 g/mol. The molecule has 1 aliphatic heterocycles. The average Bonchev–Trinajstić information content (AvgIpc) is 3.24. The molecule has 7 heteroatoms. The summed E-state index contributed by atoms with van der Waals surface area (Å²) in [4.78, 5) is 23.5. The Kier molecular flexibility index (Phi) is 5.53. The number of aromatic nitrogens is 2. The van der Waals surface area contributed by atoms with Crippen LogP contribution in [0.5, 0.6) is 0 Å². The Labute approximate surface area is 172 Å². The zero-order chi connectivity index (χ0) is 21.1. The van der Waals surface area contributed by atoms with Crippen LogP contribution in [0.1, 0.15) is 51.9 Å². The molecular weight excluding hydrogens is 391 g/mol. The third-order valence-corrected chi connectivity index (χ3v) is 5.23. The first-order chi connectivity index (χ1) is 14.4. The minimum Gasteiger partial charge on any atom is -0.329 e. The van der Waals surface area contributed by atoms with Crippen molar-refractivity contribution in [3.8, 4) is 0 Å². The van der Waals surface area contributed by atoms with E-state index in [-0.39, 0.29) is 11.9 Å². The molecule has 1 amide bonds. The van der Waals surface area contributed by atoms with Gasteiger partial charge in [-0.25, -0.2) is 0 Å². The monoisotopic (exact) mass is 411 g/mol. The van der Waals surface area contributed by atoms with Gasteiger partial charge in [0.2, 0.25) is 0 Å². The highest BCUT2D eigenvalue weighted by Gasteiger charge is 2.32. The van der Waals surface area contributed by atoms with Crippen LogP contribution in [-0.2, 0) is 12.6 Å². The van der Waals surface area contributed by atoms with E-state index in [0.29, 0.717) is 18.7 Å². The number of halogens is 3. The van der Waals surface area contributed by atoms with Gasteiger partial charge in [0.05, 0.1) is 17.3 Å². The first-order valence-electron chi connectivity index (χ1n) is 9.76. The number of rotatable bonds is 4. The van der Waals surface area contributed by atoms with E-state index in [0.717, 1.165) is 41.9 Å². The van der Waals surface area contributed by atoms with Gasteiger partial charge in [0.15, 0.2) is 0 Å². The summed E-state index contributed by atoms with van der Waals surface area (Å²) < 4.78 is 38.2. The fourth-order valence-electron chi connectivity index (χ4n) is 3.76. The summed E-state index contributed by atoms with van der Waals surface area (Å²) in [6.07, 6.45) is -0.625. The zero-order valence-corrected chi connectivity index (χ0v) is 16.1. The minimum absolute atomic E-state index is 0.118. The number of hydrogen-bond donors (Lipinski definition) is 0. The lowest BCUT2D eigenvalue weighted by Crippen LogP contribution is -2.31. The maximum atomic E-state index is 12.9. The quantitative estimate of drug-likeness (QED) is 0.603. The Morgan fingerprint density at radius 2 is 1.83 bits per heavy atom. The molecule has 4 nitrogen and oxygen atoms in total. The van der Waals surface area contributed by atoms with Crippen LogP contribution in [0, 0.1) is 0 Å². The fourth-order valence-corrected chi connectivity index (χ4v) is 3.76. The van der Waals surface area contributed by atoms with Gasteiger partial charge in [-0.15, -0.1) is 0 Å². The van der Waals surface area contributed by atoms with E-state index in [1.54, 1.807) is 29.3 Å². The number of amides is 1. The van der Waals surface area contributed by atoms with Crippen LogP contribution >= 0.6 is 0 Å². The van der Waals surface area contributed by atoms with Crippen LogP contribution in [0.4, 0.5) is 13.2 Å². The maximum absolute atomic E-state index is 12.9. The predicted octanol–water partition coefficient (Wildman–Crippen LogP) is 5.06. The molecule has 0 unspecified atom stereocenters. The number of likely N-dealkylation sites (tertiary alicyclic amines) is 1. The molecule has 0 N–H and O–H groups in total. The lowest BCUT2D eigenvalue weighted by molar-refractivity contribution is -0.137. The molecule has 3 aromatic rings. The molecule has 0 aliphatic carbocycles. The van der Waals surface area contributed by atoms with Crippen LogP contribution in [0.2, 0.25) is 0 Å². The number of pyridine rings is 2. The molecule has 4 rings (SSSR count). The van der Waals surface area contributed by atoms with Crippen LogP contribution in [0.3, 0.4) is 0 Å². The molecule has 0 spiro atoms. The highest BCUT2D eigenvalue weighted by molar-refractivity contribution is 5.92. The number of carbonyl (C=O) groups excluding carboxylic acids is 1. The third kappa shape index (κ3) is 4.35. The molecule has 3 heterocycles. The van der Waals surface area contributed by atoms with Crippen molar-refractivity contribution >= 4 is 5.91 Å². The fraction of sp³-hybridized carbons (Fsp3) is 0.261. The van der Waals surface area contributed by atoms with Gasteiger partial charge in [0, 0.05) is 24.9 Å². The molecule has 30 heavy (non-hydrogen) atoms. The molecule has 1 saturated heterocycles. The van der Waals surface area contributed by atoms with Crippen molar-refractivity contribution in [3.05, 3.63) is 95.1 Å². The molecule has 1 aliphatic rings. The first-order valence-corrected chi connectivity index (χ1v) is 9.76. The number of benzene rings is 1. The number of nitrogens with zero attached hydrogens (tertiary/aromatic N) is 3. The summed E-state index contributed by atoms with van der Waals surface area (Å²) in [5, 5.41) is 0. The molecule has 1 atom stereocenters. The number of carbonyl (C=O) groups is 1. The lowest BCUT2D eigenvalue weighted by atomic mass is 10.1. The molecule has 0 bridgehead atoms. The highest BCUT2D eigenvalue weighted by atomic mass is 19.4. The predicted molar refractivity (Wildman–Crippen MR) is 106 cm³/mol. The first kappa shape index (κ1) is 20.1. The Hall–Kier alpha value is -3.22. The molecule has 0 radical (unpaired) electrons. The Morgan fingerprint density at radius 3 is 2.53 bits per heavy atom. The minimum atomic E-state index is -4.34. The van der Waals surface area contributed by atoms with Gasteiger partial charge in [0.1, 0.15) is 5.69 Å². The summed E-state index contributed by atoms with van der Waals surface area (Å²) in [6.45, 7) is 0.644. The Bertz CT molecular complexity index is 1020. The third-order valence-electron chi connectivity index (χ3n) is 5.23. The van der Waals surface area contributed by atoms with Crippen LogP contribution in [-0.4, -0.2) is 27.3 Å². The summed E-state index contributed by atoms with van der Waals surface area (Å²) in [5.74, 6) is -0.118. The van der Waals surface area contributed by atoms with Gasteiger partial charge in [-0.05, 0) is 54.8 Å². The van der Waals surface area contributed by atoms with Gasteiger partial charge in [-0.3, -0.25) is 14.8 Å². The van der Waals surface area contributed by atoms with Gasteiger partial charge >= 0.3 is 6.18 Å². The second kappa shape index (κ2) is 8.26. The van der Waals surface area contributed by atoms with E-state index >= 15 is 0 Å². The van der Waals surface area contributed by atoms with Crippen molar-refractivity contribution in [1.82, 2.24) is 14.9 Å². The van der Waals surface area contributed by atoms with Crippen molar-refractivity contribution in [2.75, 3.05) is 6.54 Å². The van der Waals surface area contributed by atoms with E-state index in [2.05, 4.69) is 4.98 Å². The van der Waals surface area contributed by atoms with E-state index in [9.17, 15) is 18.0 Å². The summed E-state index contributed by atoms with van der Waals surface area (Å²) in [5.41, 5.74) is 2.04. The van der Waals surface area contributed by atoms with E-state index in [1.807, 2.05) is 18.2 Å². The zero-order valence-electron chi connectivity index (χ0n) is 16.1. The van der Waals surface area contributed by atoms with Crippen LogP contribution in [0.25, 0.3) is 0 Å². The molecule has 1 fully saturated rings. The van der Waals surface area contributed by atoms with Crippen molar-refractivity contribution in [3.63, 3.8) is 0 Å². The molecule has 2 aromatic heterocycles. The maximum Gasteiger partial charge on any atom is 0.416 e. The van der Waals surface area contributed by atoms with Crippen LogP contribution in [0.15, 0.2) is 66.9 Å². The Balaban J connectivity index is 1.52. The Morgan fingerprint density at radius 1 is 1.03 bits per heavy atom. The van der Waals surface area contributed by atoms with Crippen molar-refractivity contribution < 1.29 is 18.0 Å². The largest absolute Gasteiger partial charge is 0.416 e. The number of alkyl halides is 3. The van der Waals surface area contributed by atoms with Gasteiger partial charge < -0.3 is 4.90 Å². The molecule has 1 aromatic carbocycles. The van der Waals surface area contributed by atoms with Gasteiger partial charge in [-0.2, -0.15) is 13.2 Å². The van der Waals surface area contributed by atoms with Crippen molar-refractivity contribution in [2.24, 2.45) is 0 Å². The summed E-state index contributed by atoms with van der Waals surface area (Å²) in [6, 6.07) is 15.9. The highest BCUT2D eigenvalue weighted by Crippen LogP contribution is 2.32. The standard InChI is InChI=1S/C23H20F3N3O/c24-23(25,26)17-11-9-16(10-12-17)15-18-5-3-7-19(28-18)21-8-4-14-29(21)22(30)20-6-1-2-13-27-20/h1-3,5-7,9-13,21H,4,8,14-15H2/t21-/m0/s1. The molecule has 0 saturated carbocycles. The normalized spacial score (nSPS) is 16.6. The summed E-state index contributed by atoms with van der Waals surface area (Å²) in [7, 11) is 0. The van der Waals surface area contributed by atoms with E-state index in [1.165, 1.54) is 12.1 Å². The van der Waals surface area contributed by atoms with Gasteiger partial charge in [0.25, 0.3) is 5.91 Å². The van der Waals surface area contributed by atoms with Crippen molar-refractivity contribution in [2.45, 2.75) is 31.5 Å². The summed E-state index contributed by atoms with van der Waals surface area (Å²) >= 11 is 0. The second-order valence-corrected chi connectivity index (χ2v) is 7.30. The second-order valence-electron chi connectivity index (χ2n) is 7.30. The SMILES string of the molecule is O=C(c1ccccn1)N1CCC[C@H]1c1cccc(Cc2ccc(C(F)(F)F)cc2)n1. The lowest BCUT2D eigenvalue weighted by Gasteiger charge is -2.24. The van der Waals surface area contributed by atoms with Crippen LogP contribution < -0.4 is 0 Å². The van der Waals surface area contributed by atoms with Crippen molar-refractivity contribution in [1.29, 1.82) is 0 Å². The molecular formula is C23H20F3N3O. The van der Waals surface area contributed by atoms with Gasteiger partial charge in [-0.1, -0.05) is 24.3 Å².